The van der Waals surface area contributed by atoms with Crippen LogP contribution >= 0.6 is 0 Å². The van der Waals surface area contributed by atoms with Crippen LogP contribution in [0.15, 0.2) is 48.5 Å². The maximum atomic E-state index is 11.9. The average Bonchev–Trinajstić information content (AvgIpc) is 2.66. The van der Waals surface area contributed by atoms with Crippen LogP contribution in [0.1, 0.15) is 23.6 Å². The van der Waals surface area contributed by atoms with Crippen molar-refractivity contribution in [2.45, 2.75) is 13.5 Å². The number of nitrogens with one attached hydrogen (secondary N) is 1. The first kappa shape index (κ1) is 18.1. The number of ether oxygens (including phenoxy) is 2. The maximum Gasteiger partial charge on any atom is 0.244 e. The number of rotatable bonds is 7. The zero-order valence-electron chi connectivity index (χ0n) is 14.3. The largest absolute Gasteiger partial charge is 0.493 e. The summed E-state index contributed by atoms with van der Waals surface area (Å²) in [5.74, 6) is 1.10. The van der Waals surface area contributed by atoms with Gasteiger partial charge in [-0.1, -0.05) is 18.2 Å². The molecule has 0 radical (unpaired) electrons. The molecule has 0 atom stereocenters. The molecule has 2 aromatic rings. The molecule has 2 aromatic carbocycles. The van der Waals surface area contributed by atoms with Crippen molar-refractivity contribution in [3.05, 3.63) is 65.2 Å². The van der Waals surface area contributed by atoms with Crippen molar-refractivity contribution in [3.8, 4) is 17.6 Å². The van der Waals surface area contributed by atoms with Gasteiger partial charge in [0.15, 0.2) is 11.5 Å². The number of carbonyl (C=O) groups excluding carboxylic acids is 1. The summed E-state index contributed by atoms with van der Waals surface area (Å²) < 4.78 is 10.8. The van der Waals surface area contributed by atoms with Crippen molar-refractivity contribution in [1.82, 2.24) is 5.32 Å². The van der Waals surface area contributed by atoms with E-state index in [-0.39, 0.29) is 5.91 Å². The molecular weight excluding hydrogens is 316 g/mol. The summed E-state index contributed by atoms with van der Waals surface area (Å²) in [5, 5.41) is 11.6. The summed E-state index contributed by atoms with van der Waals surface area (Å²) in [6.07, 6.45) is 3.19. The molecule has 0 saturated carbocycles. The van der Waals surface area contributed by atoms with E-state index in [4.69, 9.17) is 14.7 Å². The Morgan fingerprint density at radius 3 is 2.60 bits per heavy atom. The van der Waals surface area contributed by atoms with Gasteiger partial charge in [-0.2, -0.15) is 5.26 Å². The molecule has 5 heteroatoms. The number of nitrogens with zero attached hydrogens (tertiary/aromatic N) is 1. The lowest BCUT2D eigenvalue weighted by atomic mass is 10.1. The van der Waals surface area contributed by atoms with Gasteiger partial charge in [-0.05, 0) is 48.4 Å². The highest BCUT2D eigenvalue weighted by Gasteiger charge is 2.04. The standard InChI is InChI=1S/C20H20N2O3/c1-3-25-18-10-8-15(12-19(18)24-2)9-11-20(23)22-14-17-6-4-16(13-21)5-7-17/h4-12H,3,14H2,1-2H3,(H,22,23)/b11-9+. The third kappa shape index (κ3) is 5.40. The normalized spacial score (nSPS) is 10.3. The predicted octanol–water partition coefficient (Wildman–Crippen LogP) is 3.30. The molecule has 25 heavy (non-hydrogen) atoms. The Hall–Kier alpha value is -3.26. The highest BCUT2D eigenvalue weighted by molar-refractivity contribution is 5.91. The van der Waals surface area contributed by atoms with Crippen molar-refractivity contribution in [2.24, 2.45) is 0 Å². The minimum absolute atomic E-state index is 0.197. The first-order chi connectivity index (χ1) is 12.2. The smallest absolute Gasteiger partial charge is 0.244 e. The quantitative estimate of drug-likeness (QED) is 0.788. The molecule has 0 saturated heterocycles. The zero-order chi connectivity index (χ0) is 18.1. The summed E-state index contributed by atoms with van der Waals surface area (Å²) in [5.41, 5.74) is 2.37. The fourth-order valence-electron chi connectivity index (χ4n) is 2.18. The number of nitriles is 1. The van der Waals surface area contributed by atoms with Crippen molar-refractivity contribution in [2.75, 3.05) is 13.7 Å². The van der Waals surface area contributed by atoms with Crippen LogP contribution in [0.5, 0.6) is 11.5 Å². The third-order valence-electron chi connectivity index (χ3n) is 3.46. The van der Waals surface area contributed by atoms with Gasteiger partial charge in [-0.3, -0.25) is 4.79 Å². The van der Waals surface area contributed by atoms with Crippen LogP contribution in [0, 0.1) is 11.3 Å². The Bertz CT molecular complexity index is 790. The molecule has 2 rings (SSSR count). The minimum Gasteiger partial charge on any atom is -0.493 e. The van der Waals surface area contributed by atoms with E-state index in [0.717, 1.165) is 11.1 Å². The van der Waals surface area contributed by atoms with E-state index >= 15 is 0 Å². The van der Waals surface area contributed by atoms with E-state index in [1.165, 1.54) is 6.08 Å². The topological polar surface area (TPSA) is 71.3 Å². The summed E-state index contributed by atoms with van der Waals surface area (Å²) in [4.78, 5) is 11.9. The number of amides is 1. The second-order valence-electron chi connectivity index (χ2n) is 5.20. The molecule has 0 aromatic heterocycles. The lowest BCUT2D eigenvalue weighted by Crippen LogP contribution is -2.20. The van der Waals surface area contributed by atoms with E-state index in [1.54, 1.807) is 25.3 Å². The van der Waals surface area contributed by atoms with Crippen molar-refractivity contribution < 1.29 is 14.3 Å². The van der Waals surface area contributed by atoms with Gasteiger partial charge >= 0.3 is 0 Å². The maximum absolute atomic E-state index is 11.9. The van der Waals surface area contributed by atoms with E-state index in [9.17, 15) is 4.79 Å². The molecule has 5 nitrogen and oxygen atoms in total. The van der Waals surface area contributed by atoms with Gasteiger partial charge in [0.25, 0.3) is 0 Å². The van der Waals surface area contributed by atoms with Crippen LogP contribution in [0.2, 0.25) is 0 Å². The minimum atomic E-state index is -0.197. The van der Waals surface area contributed by atoms with Crippen molar-refractivity contribution >= 4 is 12.0 Å². The third-order valence-corrected chi connectivity index (χ3v) is 3.46. The Labute approximate surface area is 147 Å². The zero-order valence-corrected chi connectivity index (χ0v) is 14.3. The van der Waals surface area contributed by atoms with Gasteiger partial charge in [-0.15, -0.1) is 0 Å². The fraction of sp³-hybridized carbons (Fsp3) is 0.200. The van der Waals surface area contributed by atoms with Crippen LogP contribution in [0.25, 0.3) is 6.08 Å². The van der Waals surface area contributed by atoms with Crippen LogP contribution in [-0.2, 0) is 11.3 Å². The number of hydrogen-bond acceptors (Lipinski definition) is 4. The molecule has 0 aliphatic carbocycles. The summed E-state index contributed by atoms with van der Waals surface area (Å²) in [6.45, 7) is 2.87. The molecule has 0 aliphatic heterocycles. The molecule has 0 bridgehead atoms. The molecule has 0 heterocycles. The van der Waals surface area contributed by atoms with Gasteiger partial charge in [0, 0.05) is 12.6 Å². The Kier molecular flexibility index (Phi) is 6.61. The van der Waals surface area contributed by atoms with Crippen molar-refractivity contribution in [3.63, 3.8) is 0 Å². The number of benzene rings is 2. The van der Waals surface area contributed by atoms with Gasteiger partial charge in [-0.25, -0.2) is 0 Å². The monoisotopic (exact) mass is 336 g/mol. The second-order valence-corrected chi connectivity index (χ2v) is 5.20. The summed E-state index contributed by atoms with van der Waals surface area (Å²) in [7, 11) is 1.58. The fourth-order valence-corrected chi connectivity index (χ4v) is 2.18. The average molecular weight is 336 g/mol. The molecular formula is C20H20N2O3. The van der Waals surface area contributed by atoms with Gasteiger partial charge in [0.1, 0.15) is 0 Å². The molecule has 128 valence electrons. The Balaban J connectivity index is 1.94. The van der Waals surface area contributed by atoms with Crippen LogP contribution < -0.4 is 14.8 Å². The lowest BCUT2D eigenvalue weighted by molar-refractivity contribution is -0.116. The van der Waals surface area contributed by atoms with Crippen LogP contribution in [0.4, 0.5) is 0 Å². The first-order valence-corrected chi connectivity index (χ1v) is 7.92. The van der Waals surface area contributed by atoms with E-state index < -0.39 is 0 Å². The van der Waals surface area contributed by atoms with Crippen LogP contribution in [0.3, 0.4) is 0 Å². The second kappa shape index (κ2) is 9.14. The van der Waals surface area contributed by atoms with Gasteiger partial charge in [0.05, 0.1) is 25.3 Å². The SMILES string of the molecule is CCOc1ccc(/C=C/C(=O)NCc2ccc(C#N)cc2)cc1OC. The van der Waals surface area contributed by atoms with E-state index in [0.29, 0.717) is 30.2 Å². The molecule has 1 N–H and O–H groups in total. The Morgan fingerprint density at radius 1 is 1.20 bits per heavy atom. The van der Waals surface area contributed by atoms with Gasteiger partial charge < -0.3 is 14.8 Å². The van der Waals surface area contributed by atoms with Crippen LogP contribution in [-0.4, -0.2) is 19.6 Å². The van der Waals surface area contributed by atoms with E-state index in [1.807, 2.05) is 37.3 Å². The highest BCUT2D eigenvalue weighted by atomic mass is 16.5. The number of methoxy groups -OCH3 is 1. The first-order valence-electron chi connectivity index (χ1n) is 7.92. The number of hydrogen-bond donors (Lipinski definition) is 1. The summed E-state index contributed by atoms with van der Waals surface area (Å²) >= 11 is 0. The van der Waals surface area contributed by atoms with Crippen molar-refractivity contribution in [1.29, 1.82) is 5.26 Å². The molecule has 0 fully saturated rings. The summed E-state index contributed by atoms with van der Waals surface area (Å²) in [6, 6.07) is 14.6. The number of carbonyl (C=O) groups is 1. The Morgan fingerprint density at radius 2 is 1.96 bits per heavy atom. The van der Waals surface area contributed by atoms with Gasteiger partial charge in [0.2, 0.25) is 5.91 Å². The van der Waals surface area contributed by atoms with E-state index in [2.05, 4.69) is 11.4 Å². The molecule has 0 spiro atoms. The highest BCUT2D eigenvalue weighted by Crippen LogP contribution is 2.28. The molecule has 1 amide bonds. The lowest BCUT2D eigenvalue weighted by Gasteiger charge is -2.09. The molecule has 0 aliphatic rings. The predicted molar refractivity (Wildman–Crippen MR) is 96.2 cm³/mol. The molecule has 0 unspecified atom stereocenters.